The molecule has 0 aliphatic rings. The van der Waals surface area contributed by atoms with Gasteiger partial charge >= 0.3 is 0 Å². The normalized spacial score (nSPS) is 9.94. The Bertz CT molecular complexity index is 541. The van der Waals surface area contributed by atoms with Crippen LogP contribution in [0.4, 0.5) is 5.69 Å². The monoisotopic (exact) mass is 230 g/mol. The summed E-state index contributed by atoms with van der Waals surface area (Å²) in [4.78, 5) is 14.6. The number of aromatic nitrogens is 1. The van der Waals surface area contributed by atoms with Gasteiger partial charge in [0.15, 0.2) is 5.69 Å². The lowest BCUT2D eigenvalue weighted by molar-refractivity contribution is -0.384. The van der Waals surface area contributed by atoms with Gasteiger partial charge in [-0.15, -0.1) is 0 Å². The Hall–Kier alpha value is -2.43. The number of hydrogen-bond acceptors (Lipinski definition) is 4. The molecular weight excluding hydrogens is 220 g/mol. The number of ether oxygens (including phenoxy) is 1. The molecule has 0 aliphatic heterocycles. The summed E-state index contributed by atoms with van der Waals surface area (Å²) in [6.07, 6.45) is 0. The Morgan fingerprint density at radius 2 is 1.88 bits per heavy atom. The van der Waals surface area contributed by atoms with E-state index < -0.39 is 4.92 Å². The van der Waals surface area contributed by atoms with Crippen molar-refractivity contribution in [3.8, 4) is 17.1 Å². The number of benzene rings is 1. The molecule has 0 radical (unpaired) electrons. The third kappa shape index (κ3) is 2.23. The van der Waals surface area contributed by atoms with E-state index in [1.807, 2.05) is 6.07 Å². The fourth-order valence-electron chi connectivity index (χ4n) is 1.50. The fourth-order valence-corrected chi connectivity index (χ4v) is 1.50. The van der Waals surface area contributed by atoms with E-state index in [4.69, 9.17) is 4.74 Å². The van der Waals surface area contributed by atoms with Crippen LogP contribution in [0.2, 0.25) is 0 Å². The highest BCUT2D eigenvalue weighted by Crippen LogP contribution is 2.29. The summed E-state index contributed by atoms with van der Waals surface area (Å²) < 4.78 is 4.98. The highest BCUT2D eigenvalue weighted by molar-refractivity contribution is 5.69. The van der Waals surface area contributed by atoms with E-state index in [2.05, 4.69) is 4.98 Å². The number of nitro groups is 1. The SMILES string of the molecule is COc1ccc([N+](=O)[O-])c(-c2ccccc2)n1. The second-order valence-corrected chi connectivity index (χ2v) is 3.34. The maximum absolute atomic E-state index is 10.9. The van der Waals surface area contributed by atoms with Crippen molar-refractivity contribution in [2.75, 3.05) is 7.11 Å². The van der Waals surface area contributed by atoms with E-state index in [9.17, 15) is 10.1 Å². The van der Waals surface area contributed by atoms with Crippen molar-refractivity contribution in [3.05, 3.63) is 52.6 Å². The molecule has 1 heterocycles. The zero-order chi connectivity index (χ0) is 12.3. The predicted octanol–water partition coefficient (Wildman–Crippen LogP) is 2.67. The van der Waals surface area contributed by atoms with E-state index >= 15 is 0 Å². The first-order valence-electron chi connectivity index (χ1n) is 4.97. The minimum absolute atomic E-state index is 0.0306. The summed E-state index contributed by atoms with van der Waals surface area (Å²) in [7, 11) is 1.48. The maximum atomic E-state index is 10.9. The van der Waals surface area contributed by atoms with E-state index in [0.29, 0.717) is 17.1 Å². The van der Waals surface area contributed by atoms with Gasteiger partial charge < -0.3 is 4.74 Å². The molecular formula is C12H10N2O3. The molecule has 86 valence electrons. The van der Waals surface area contributed by atoms with Crippen molar-refractivity contribution in [2.24, 2.45) is 0 Å². The largest absolute Gasteiger partial charge is 0.481 e. The van der Waals surface area contributed by atoms with Gasteiger partial charge in [-0.25, -0.2) is 4.98 Å². The average molecular weight is 230 g/mol. The molecule has 5 heteroatoms. The Balaban J connectivity index is 2.61. The van der Waals surface area contributed by atoms with Crippen LogP contribution in [0.3, 0.4) is 0 Å². The van der Waals surface area contributed by atoms with Gasteiger partial charge in [0.25, 0.3) is 5.69 Å². The van der Waals surface area contributed by atoms with E-state index in [1.165, 1.54) is 19.2 Å². The zero-order valence-electron chi connectivity index (χ0n) is 9.16. The van der Waals surface area contributed by atoms with Gasteiger partial charge in [0, 0.05) is 17.7 Å². The van der Waals surface area contributed by atoms with E-state index in [0.717, 1.165) is 0 Å². The quantitative estimate of drug-likeness (QED) is 0.600. The minimum Gasteiger partial charge on any atom is -0.481 e. The van der Waals surface area contributed by atoms with Gasteiger partial charge in [-0.1, -0.05) is 30.3 Å². The lowest BCUT2D eigenvalue weighted by Gasteiger charge is -2.04. The highest BCUT2D eigenvalue weighted by atomic mass is 16.6. The highest BCUT2D eigenvalue weighted by Gasteiger charge is 2.17. The molecule has 0 N–H and O–H groups in total. The van der Waals surface area contributed by atoms with E-state index in [1.54, 1.807) is 24.3 Å². The van der Waals surface area contributed by atoms with Crippen LogP contribution in [-0.2, 0) is 0 Å². The standard InChI is InChI=1S/C12H10N2O3/c1-17-11-8-7-10(14(15)16)12(13-11)9-5-3-2-4-6-9/h2-8H,1H3. The molecule has 0 fully saturated rings. The molecule has 1 aromatic carbocycles. The lowest BCUT2D eigenvalue weighted by atomic mass is 10.1. The van der Waals surface area contributed by atoms with Gasteiger partial charge in [-0.3, -0.25) is 10.1 Å². The molecule has 5 nitrogen and oxygen atoms in total. The average Bonchev–Trinajstić information content (AvgIpc) is 2.39. The summed E-state index contributed by atoms with van der Waals surface area (Å²) in [5.41, 5.74) is 0.977. The topological polar surface area (TPSA) is 65.3 Å². The summed E-state index contributed by atoms with van der Waals surface area (Å²) in [5, 5.41) is 10.9. The Morgan fingerprint density at radius 1 is 1.18 bits per heavy atom. The molecule has 0 saturated carbocycles. The van der Waals surface area contributed by atoms with Crippen LogP contribution in [0.25, 0.3) is 11.3 Å². The molecule has 0 aliphatic carbocycles. The third-order valence-electron chi connectivity index (χ3n) is 2.30. The molecule has 17 heavy (non-hydrogen) atoms. The number of methoxy groups -OCH3 is 1. The number of rotatable bonds is 3. The minimum atomic E-state index is -0.450. The van der Waals surface area contributed by atoms with Gasteiger partial charge in [0.05, 0.1) is 12.0 Å². The number of hydrogen-bond donors (Lipinski definition) is 0. The van der Waals surface area contributed by atoms with Crippen LogP contribution in [0, 0.1) is 10.1 Å². The van der Waals surface area contributed by atoms with Crippen LogP contribution in [0.1, 0.15) is 0 Å². The first-order valence-corrected chi connectivity index (χ1v) is 4.97. The zero-order valence-corrected chi connectivity index (χ0v) is 9.16. The van der Waals surface area contributed by atoms with Crippen LogP contribution in [-0.4, -0.2) is 17.0 Å². The van der Waals surface area contributed by atoms with Crippen molar-refractivity contribution in [2.45, 2.75) is 0 Å². The van der Waals surface area contributed by atoms with Crippen molar-refractivity contribution in [3.63, 3.8) is 0 Å². The maximum Gasteiger partial charge on any atom is 0.295 e. The molecule has 0 amide bonds. The van der Waals surface area contributed by atoms with Crippen LogP contribution in [0.5, 0.6) is 5.88 Å². The van der Waals surface area contributed by atoms with Crippen LogP contribution >= 0.6 is 0 Å². The molecule has 2 rings (SSSR count). The summed E-state index contributed by atoms with van der Waals surface area (Å²) >= 11 is 0. The first kappa shape index (κ1) is 11.1. The molecule has 0 atom stereocenters. The van der Waals surface area contributed by atoms with Crippen LogP contribution < -0.4 is 4.74 Å². The second-order valence-electron chi connectivity index (χ2n) is 3.34. The molecule has 1 aromatic heterocycles. The van der Waals surface area contributed by atoms with Gasteiger partial charge in [-0.05, 0) is 0 Å². The van der Waals surface area contributed by atoms with Crippen molar-refractivity contribution in [1.29, 1.82) is 0 Å². The van der Waals surface area contributed by atoms with Gasteiger partial charge in [0.1, 0.15) is 0 Å². The Labute approximate surface area is 97.8 Å². The van der Waals surface area contributed by atoms with Crippen molar-refractivity contribution >= 4 is 5.69 Å². The lowest BCUT2D eigenvalue weighted by Crippen LogP contribution is -1.96. The molecule has 0 spiro atoms. The summed E-state index contributed by atoms with van der Waals surface area (Å²) in [5.74, 6) is 0.356. The number of pyridine rings is 1. The summed E-state index contributed by atoms with van der Waals surface area (Å²) in [6, 6.07) is 11.9. The Morgan fingerprint density at radius 3 is 2.47 bits per heavy atom. The second kappa shape index (κ2) is 4.61. The predicted molar refractivity (Wildman–Crippen MR) is 62.9 cm³/mol. The first-order chi connectivity index (χ1) is 8.22. The van der Waals surface area contributed by atoms with Crippen LogP contribution in [0.15, 0.2) is 42.5 Å². The molecule has 2 aromatic rings. The molecule has 0 unspecified atom stereocenters. The third-order valence-corrected chi connectivity index (χ3v) is 2.30. The van der Waals surface area contributed by atoms with E-state index in [-0.39, 0.29) is 5.69 Å². The van der Waals surface area contributed by atoms with Crippen molar-refractivity contribution in [1.82, 2.24) is 4.98 Å². The smallest absolute Gasteiger partial charge is 0.295 e. The van der Waals surface area contributed by atoms with Gasteiger partial charge in [-0.2, -0.15) is 0 Å². The number of nitrogens with zero attached hydrogens (tertiary/aromatic N) is 2. The Kier molecular flexibility index (Phi) is 3.00. The molecule has 0 bridgehead atoms. The summed E-state index contributed by atoms with van der Waals surface area (Å²) in [6.45, 7) is 0. The fraction of sp³-hybridized carbons (Fsp3) is 0.0833. The van der Waals surface area contributed by atoms with Gasteiger partial charge in [0.2, 0.25) is 5.88 Å². The van der Waals surface area contributed by atoms with Crippen molar-refractivity contribution < 1.29 is 9.66 Å². The molecule has 0 saturated heterocycles.